The average Bonchev–Trinajstić information content (AvgIpc) is 1.48. The highest BCUT2D eigenvalue weighted by Gasteiger charge is 2.33. The Morgan fingerprint density at radius 1 is 0.219 bits per heavy atom. The second-order valence-electron chi connectivity index (χ2n) is 26.7. The van der Waals surface area contributed by atoms with Crippen molar-refractivity contribution in [3.63, 3.8) is 0 Å². The van der Waals surface area contributed by atoms with Crippen LogP contribution in [0.2, 0.25) is 0 Å². The van der Waals surface area contributed by atoms with Crippen LogP contribution in [0.15, 0.2) is 267 Å². The zero-order chi connectivity index (χ0) is 63.9. The minimum atomic E-state index is 0.774. The third-order valence-corrected chi connectivity index (χ3v) is 20.6. The van der Waals surface area contributed by atoms with Gasteiger partial charge in [0.25, 0.3) is 0 Å². The van der Waals surface area contributed by atoms with E-state index >= 15 is 0 Å². The fourth-order valence-electron chi connectivity index (χ4n) is 16.4. The molecule has 96 heavy (non-hydrogen) atoms. The Morgan fingerprint density at radius 3 is 0.771 bits per heavy atom. The van der Waals surface area contributed by atoms with Crippen LogP contribution in [0.4, 0.5) is 0 Å². The molecule has 0 aliphatic heterocycles. The maximum absolute atomic E-state index is 6.67. The fraction of sp³-hybridized carbons (Fsp3) is 0.0682. The van der Waals surface area contributed by atoms with Gasteiger partial charge < -0.3 is 18.3 Å². The number of aryl methyl sites for hydroxylation is 6. The molecule has 0 fully saturated rings. The van der Waals surface area contributed by atoms with Gasteiger partial charge in [0.2, 0.25) is 0 Å². The van der Waals surface area contributed by atoms with E-state index in [0.29, 0.717) is 0 Å². The first-order chi connectivity index (χ1) is 47.1. The van der Waals surface area contributed by atoms with Crippen LogP contribution in [0.1, 0.15) is 33.4 Å². The van der Waals surface area contributed by atoms with Crippen LogP contribution in [-0.2, 0) is 0 Å². The van der Waals surface area contributed by atoms with E-state index in [9.17, 15) is 0 Å². The Balaban J connectivity index is 1.04. The molecule has 8 heterocycles. The number of rotatable bonds is 7. The Labute approximate surface area is 552 Å². The van der Waals surface area contributed by atoms with Crippen molar-refractivity contribution in [2.75, 3.05) is 0 Å². The van der Waals surface area contributed by atoms with Gasteiger partial charge in [0.1, 0.15) is 11.4 Å². The van der Waals surface area contributed by atoms with Gasteiger partial charge in [0.05, 0.1) is 66.2 Å². The molecule has 12 aromatic carbocycles. The Hall–Kier alpha value is -12.3. The van der Waals surface area contributed by atoms with Crippen LogP contribution in [0, 0.1) is 41.5 Å². The number of aromatic nitrogens is 8. The van der Waals surface area contributed by atoms with Crippen LogP contribution in [-0.4, -0.2) is 37.4 Å². The van der Waals surface area contributed by atoms with Gasteiger partial charge in [-0.3, -0.25) is 14.1 Å². The molecule has 0 atom stereocenters. The first-order valence-corrected chi connectivity index (χ1v) is 33.2. The molecule has 0 spiro atoms. The topological polar surface area (TPSA) is 55.4 Å². The number of para-hydroxylation sites is 4. The summed E-state index contributed by atoms with van der Waals surface area (Å²) in [5.41, 5.74) is 26.3. The van der Waals surface area contributed by atoms with Gasteiger partial charge in [-0.15, -0.1) is 0 Å². The van der Waals surface area contributed by atoms with Gasteiger partial charge >= 0.3 is 0 Å². The van der Waals surface area contributed by atoms with Gasteiger partial charge in [0, 0.05) is 94.0 Å². The summed E-state index contributed by atoms with van der Waals surface area (Å²) in [6, 6.07) is 95.7. The SMILES string of the molecule is Cc1ccc2c(c1)c1cc(C)ccc1n2-c1nc(-n2c3ccc(-n4c5ccccc5c5ccccc54)cc3c3cc(-n4c5ccccc5c5ccccc54)ccc32)c(-n2c3ccc(C)cc3c3cc(C)ccc32)c(-c2ccncc2)c1-n1c2ccc(C)cc2c2cc(C)ccc21. The molecule has 0 unspecified atom stereocenters. The van der Waals surface area contributed by atoms with Gasteiger partial charge in [-0.05, 0) is 193 Å². The largest absolute Gasteiger partial charge is 0.309 e. The molecule has 0 N–H and O–H groups in total. The third-order valence-electron chi connectivity index (χ3n) is 20.6. The molecule has 0 aliphatic carbocycles. The molecule has 0 amide bonds. The second-order valence-corrected chi connectivity index (χ2v) is 26.7. The van der Waals surface area contributed by atoms with Gasteiger partial charge in [-0.2, -0.15) is 0 Å². The highest BCUT2D eigenvalue weighted by atomic mass is 15.2. The summed E-state index contributed by atoms with van der Waals surface area (Å²) in [7, 11) is 0. The summed E-state index contributed by atoms with van der Waals surface area (Å²) < 4.78 is 15.0. The van der Waals surface area contributed by atoms with E-state index < -0.39 is 0 Å². The van der Waals surface area contributed by atoms with Crippen molar-refractivity contribution in [2.45, 2.75) is 41.5 Å². The van der Waals surface area contributed by atoms with Gasteiger partial charge in [0.15, 0.2) is 11.6 Å². The smallest absolute Gasteiger partial charge is 0.165 e. The van der Waals surface area contributed by atoms with E-state index in [0.717, 1.165) is 122 Å². The maximum Gasteiger partial charge on any atom is 0.165 e. The lowest BCUT2D eigenvalue weighted by molar-refractivity contribution is 0.960. The van der Waals surface area contributed by atoms with Crippen LogP contribution in [0.3, 0.4) is 0 Å². The van der Waals surface area contributed by atoms with Crippen molar-refractivity contribution in [3.8, 4) is 45.5 Å². The van der Waals surface area contributed by atoms with Gasteiger partial charge in [-0.25, -0.2) is 4.98 Å². The van der Waals surface area contributed by atoms with Gasteiger partial charge in [-0.1, -0.05) is 143 Å². The van der Waals surface area contributed by atoms with E-state index in [-0.39, 0.29) is 0 Å². The minimum Gasteiger partial charge on any atom is -0.309 e. The highest BCUT2D eigenvalue weighted by molar-refractivity contribution is 6.18. The first kappa shape index (κ1) is 54.3. The lowest BCUT2D eigenvalue weighted by Crippen LogP contribution is -2.16. The molecule has 0 saturated heterocycles. The molecule has 454 valence electrons. The maximum atomic E-state index is 6.67. The zero-order valence-corrected chi connectivity index (χ0v) is 54.0. The van der Waals surface area contributed by atoms with E-state index in [1.807, 2.05) is 12.4 Å². The summed E-state index contributed by atoms with van der Waals surface area (Å²) in [5.74, 6) is 1.57. The first-order valence-electron chi connectivity index (χ1n) is 33.2. The third kappa shape index (κ3) is 7.66. The molecule has 8 heteroatoms. The molecular formula is C88H62N8. The predicted molar refractivity (Wildman–Crippen MR) is 402 cm³/mol. The lowest BCUT2D eigenvalue weighted by atomic mass is 10.0. The molecule has 8 nitrogen and oxygen atoms in total. The fourth-order valence-corrected chi connectivity index (χ4v) is 16.4. The van der Waals surface area contributed by atoms with Crippen LogP contribution in [0.5, 0.6) is 0 Å². The number of hydrogen-bond donors (Lipinski definition) is 0. The molecule has 0 bridgehead atoms. The molecule has 0 saturated carbocycles. The molecular weight excluding hydrogens is 1170 g/mol. The summed E-state index contributed by atoms with van der Waals surface area (Å²) in [6.45, 7) is 13.2. The Morgan fingerprint density at radius 2 is 0.469 bits per heavy atom. The summed E-state index contributed by atoms with van der Waals surface area (Å²) in [6.07, 6.45) is 3.91. The number of fused-ring (bicyclic) bond motifs is 18. The van der Waals surface area contributed by atoms with Crippen LogP contribution < -0.4 is 0 Å². The van der Waals surface area contributed by atoms with E-state index in [1.54, 1.807) is 0 Å². The molecule has 0 radical (unpaired) electrons. The van der Waals surface area contributed by atoms with Crippen molar-refractivity contribution < 1.29 is 0 Å². The molecule has 20 rings (SSSR count). The number of benzene rings is 12. The molecule has 0 aliphatic rings. The predicted octanol–water partition coefficient (Wildman–Crippen LogP) is 22.6. The summed E-state index contributed by atoms with van der Waals surface area (Å²) >= 11 is 0. The Bertz CT molecular complexity index is 6320. The Kier molecular flexibility index (Phi) is 11.4. The zero-order valence-electron chi connectivity index (χ0n) is 54.0. The number of hydrogen-bond acceptors (Lipinski definition) is 2. The van der Waals surface area contributed by atoms with Crippen molar-refractivity contribution in [3.05, 3.63) is 301 Å². The average molecular weight is 1230 g/mol. The van der Waals surface area contributed by atoms with Crippen LogP contribution in [0.25, 0.3) is 176 Å². The number of pyridine rings is 2. The molecule has 20 aromatic rings. The quantitative estimate of drug-likeness (QED) is 0.160. The van der Waals surface area contributed by atoms with Crippen LogP contribution >= 0.6 is 0 Å². The van der Waals surface area contributed by atoms with Crippen molar-refractivity contribution >= 4 is 131 Å². The summed E-state index contributed by atoms with van der Waals surface area (Å²) in [5, 5.41) is 14.1. The normalized spacial score (nSPS) is 12.3. The minimum absolute atomic E-state index is 0.774. The van der Waals surface area contributed by atoms with Crippen molar-refractivity contribution in [2.24, 2.45) is 0 Å². The standard InChI is InChI=1S/C88H62N8/c1-51-23-31-76-64(43-51)65-44-52(2)24-32-77(65)93(76)85-84(57-39-41-89-42-40-57)86(94-78-33-25-53(3)45-66(78)67-46-54(4)26-34-79(67)94)88(90-87(85)95-80-35-27-55(5)47-68(80)69-48-56(6)28-36-81(69)95)96-82-37-29-58(91-72-19-11-7-15-60(72)61-16-8-12-20-73(61)91)49-70(82)71-50-59(30-38-83(71)96)92-74-21-13-9-17-62(74)63-18-10-14-22-75(63)92/h7-50H,1-6H3. The summed E-state index contributed by atoms with van der Waals surface area (Å²) in [4.78, 5) is 11.5. The second kappa shape index (κ2) is 20.1. The lowest BCUT2D eigenvalue weighted by Gasteiger charge is -2.27. The molecule has 8 aromatic heterocycles. The highest BCUT2D eigenvalue weighted by Crippen LogP contribution is 2.50. The number of nitrogens with zero attached hydrogens (tertiary/aromatic N) is 8. The monoisotopic (exact) mass is 1230 g/mol. The van der Waals surface area contributed by atoms with E-state index in [1.165, 1.54) is 87.2 Å². The van der Waals surface area contributed by atoms with E-state index in [2.05, 4.69) is 324 Å². The van der Waals surface area contributed by atoms with Crippen molar-refractivity contribution in [1.29, 1.82) is 0 Å². The van der Waals surface area contributed by atoms with E-state index in [4.69, 9.17) is 9.97 Å². The van der Waals surface area contributed by atoms with Crippen molar-refractivity contribution in [1.82, 2.24) is 37.4 Å².